The first-order chi connectivity index (χ1) is 12.2. The SMILES string of the molecule is CSc1cccc(NC(=O)N2CCN(Cc3ccccc3F)CC2)c1. The summed E-state index contributed by atoms with van der Waals surface area (Å²) in [5.74, 6) is -0.170. The fourth-order valence-electron chi connectivity index (χ4n) is 2.88. The van der Waals surface area contributed by atoms with Crippen molar-refractivity contribution in [3.63, 3.8) is 0 Å². The summed E-state index contributed by atoms with van der Waals surface area (Å²) in [5.41, 5.74) is 1.51. The lowest BCUT2D eigenvalue weighted by Gasteiger charge is -2.34. The Bertz CT molecular complexity index is 732. The van der Waals surface area contributed by atoms with Crippen LogP contribution in [0.15, 0.2) is 53.4 Å². The van der Waals surface area contributed by atoms with E-state index in [0.717, 1.165) is 23.7 Å². The number of carbonyl (C=O) groups is 1. The van der Waals surface area contributed by atoms with Crippen molar-refractivity contribution in [2.75, 3.05) is 37.8 Å². The number of amides is 2. The number of anilines is 1. The van der Waals surface area contributed by atoms with Crippen molar-refractivity contribution >= 4 is 23.5 Å². The zero-order valence-corrected chi connectivity index (χ0v) is 15.1. The van der Waals surface area contributed by atoms with Crippen molar-refractivity contribution in [2.24, 2.45) is 0 Å². The van der Waals surface area contributed by atoms with Crippen molar-refractivity contribution in [3.8, 4) is 0 Å². The van der Waals surface area contributed by atoms with Crippen LogP contribution in [0.2, 0.25) is 0 Å². The van der Waals surface area contributed by atoms with Gasteiger partial charge in [-0.1, -0.05) is 24.3 Å². The Balaban J connectivity index is 1.51. The summed E-state index contributed by atoms with van der Waals surface area (Å²) in [6.45, 7) is 3.35. The summed E-state index contributed by atoms with van der Waals surface area (Å²) in [6.07, 6.45) is 2.01. The highest BCUT2D eigenvalue weighted by Gasteiger charge is 2.21. The quantitative estimate of drug-likeness (QED) is 0.841. The highest BCUT2D eigenvalue weighted by atomic mass is 32.2. The van der Waals surface area contributed by atoms with Crippen LogP contribution in [0.25, 0.3) is 0 Å². The number of halogens is 1. The van der Waals surface area contributed by atoms with Gasteiger partial charge in [-0.05, 0) is 30.5 Å². The molecule has 2 aromatic rings. The molecule has 0 atom stereocenters. The van der Waals surface area contributed by atoms with Crippen LogP contribution in [0.3, 0.4) is 0 Å². The van der Waals surface area contributed by atoms with Gasteiger partial charge in [-0.3, -0.25) is 4.90 Å². The first-order valence-electron chi connectivity index (χ1n) is 8.31. The normalized spacial score (nSPS) is 15.2. The topological polar surface area (TPSA) is 35.6 Å². The van der Waals surface area contributed by atoms with E-state index in [9.17, 15) is 9.18 Å². The smallest absolute Gasteiger partial charge is 0.321 e. The van der Waals surface area contributed by atoms with Crippen LogP contribution in [0.1, 0.15) is 5.56 Å². The molecular formula is C19H22FN3OS. The Labute approximate surface area is 152 Å². The lowest BCUT2D eigenvalue weighted by molar-refractivity contribution is 0.142. The molecule has 6 heteroatoms. The molecule has 2 amide bonds. The highest BCUT2D eigenvalue weighted by Crippen LogP contribution is 2.19. The fourth-order valence-corrected chi connectivity index (χ4v) is 3.34. The van der Waals surface area contributed by atoms with E-state index in [1.807, 2.05) is 47.6 Å². The summed E-state index contributed by atoms with van der Waals surface area (Å²) < 4.78 is 13.8. The summed E-state index contributed by atoms with van der Waals surface area (Å²) in [6, 6.07) is 14.6. The number of hydrogen-bond donors (Lipinski definition) is 1. The van der Waals surface area contributed by atoms with Gasteiger partial charge in [-0.25, -0.2) is 9.18 Å². The molecule has 4 nitrogen and oxygen atoms in total. The van der Waals surface area contributed by atoms with E-state index in [-0.39, 0.29) is 11.8 Å². The van der Waals surface area contributed by atoms with E-state index >= 15 is 0 Å². The number of nitrogens with zero attached hydrogens (tertiary/aromatic N) is 2. The van der Waals surface area contributed by atoms with Crippen molar-refractivity contribution < 1.29 is 9.18 Å². The largest absolute Gasteiger partial charge is 0.322 e. The summed E-state index contributed by atoms with van der Waals surface area (Å²) in [7, 11) is 0. The van der Waals surface area contributed by atoms with Gasteiger partial charge in [-0.2, -0.15) is 0 Å². The van der Waals surface area contributed by atoms with Gasteiger partial charge in [0.15, 0.2) is 0 Å². The first-order valence-corrected chi connectivity index (χ1v) is 9.54. The molecule has 132 valence electrons. The van der Waals surface area contributed by atoms with E-state index in [0.29, 0.717) is 25.2 Å². The van der Waals surface area contributed by atoms with Gasteiger partial charge in [0.1, 0.15) is 5.82 Å². The van der Waals surface area contributed by atoms with Gasteiger partial charge in [-0.15, -0.1) is 11.8 Å². The van der Waals surface area contributed by atoms with E-state index < -0.39 is 0 Å². The number of piperazine rings is 1. The molecule has 1 aliphatic heterocycles. The summed E-state index contributed by atoms with van der Waals surface area (Å²) in [4.78, 5) is 17.5. The van der Waals surface area contributed by atoms with Crippen LogP contribution in [-0.4, -0.2) is 48.3 Å². The molecule has 3 rings (SSSR count). The Morgan fingerprint density at radius 3 is 2.60 bits per heavy atom. The summed E-state index contributed by atoms with van der Waals surface area (Å²) >= 11 is 1.65. The molecule has 0 saturated carbocycles. The van der Waals surface area contributed by atoms with Crippen LogP contribution in [0, 0.1) is 5.82 Å². The zero-order chi connectivity index (χ0) is 17.6. The van der Waals surface area contributed by atoms with E-state index in [2.05, 4.69) is 10.2 Å². The average Bonchev–Trinajstić information content (AvgIpc) is 2.64. The maximum atomic E-state index is 13.8. The van der Waals surface area contributed by atoms with Gasteiger partial charge in [0, 0.05) is 48.9 Å². The highest BCUT2D eigenvalue weighted by molar-refractivity contribution is 7.98. The maximum absolute atomic E-state index is 13.8. The third-order valence-corrected chi connectivity index (χ3v) is 5.06. The molecule has 0 aromatic heterocycles. The Hall–Kier alpha value is -2.05. The predicted octanol–water partition coefficient (Wildman–Crippen LogP) is 3.90. The third-order valence-electron chi connectivity index (χ3n) is 4.33. The van der Waals surface area contributed by atoms with Gasteiger partial charge >= 0.3 is 6.03 Å². The van der Waals surface area contributed by atoms with Crippen molar-refractivity contribution in [2.45, 2.75) is 11.4 Å². The number of thioether (sulfide) groups is 1. The first kappa shape index (κ1) is 17.8. The van der Waals surface area contributed by atoms with Gasteiger partial charge in [0.2, 0.25) is 0 Å². The fraction of sp³-hybridized carbons (Fsp3) is 0.316. The third kappa shape index (κ3) is 4.74. The van der Waals surface area contributed by atoms with E-state index in [1.54, 1.807) is 17.8 Å². The van der Waals surface area contributed by atoms with Crippen LogP contribution in [0.5, 0.6) is 0 Å². The van der Waals surface area contributed by atoms with Crippen LogP contribution < -0.4 is 5.32 Å². The molecule has 0 spiro atoms. The molecule has 1 fully saturated rings. The molecule has 25 heavy (non-hydrogen) atoms. The lowest BCUT2D eigenvalue weighted by Crippen LogP contribution is -2.49. The number of nitrogens with one attached hydrogen (secondary N) is 1. The van der Waals surface area contributed by atoms with Crippen molar-refractivity contribution in [3.05, 3.63) is 59.9 Å². The molecule has 0 bridgehead atoms. The molecule has 1 heterocycles. The van der Waals surface area contributed by atoms with E-state index in [1.165, 1.54) is 6.07 Å². The molecule has 0 aliphatic carbocycles. The molecule has 0 radical (unpaired) electrons. The number of carbonyl (C=O) groups excluding carboxylic acids is 1. The van der Waals surface area contributed by atoms with Crippen LogP contribution in [-0.2, 0) is 6.54 Å². The number of hydrogen-bond acceptors (Lipinski definition) is 3. The van der Waals surface area contributed by atoms with Crippen molar-refractivity contribution in [1.29, 1.82) is 0 Å². The second-order valence-corrected chi connectivity index (χ2v) is 6.90. The molecular weight excluding hydrogens is 337 g/mol. The van der Waals surface area contributed by atoms with Gasteiger partial charge < -0.3 is 10.2 Å². The second-order valence-electron chi connectivity index (χ2n) is 6.02. The number of rotatable bonds is 4. The van der Waals surface area contributed by atoms with Crippen LogP contribution in [0.4, 0.5) is 14.9 Å². The number of urea groups is 1. The molecule has 0 unspecified atom stereocenters. The van der Waals surface area contributed by atoms with Crippen LogP contribution >= 0.6 is 11.8 Å². The minimum atomic E-state index is -0.170. The summed E-state index contributed by atoms with van der Waals surface area (Å²) in [5, 5.41) is 2.96. The Morgan fingerprint density at radius 1 is 1.12 bits per heavy atom. The van der Waals surface area contributed by atoms with Crippen molar-refractivity contribution in [1.82, 2.24) is 9.80 Å². The Morgan fingerprint density at radius 2 is 1.88 bits per heavy atom. The van der Waals surface area contributed by atoms with E-state index in [4.69, 9.17) is 0 Å². The lowest BCUT2D eigenvalue weighted by atomic mass is 10.2. The standard InChI is InChI=1S/C19H22FN3OS/c1-25-17-7-4-6-16(13-17)21-19(24)23-11-9-22(10-12-23)14-15-5-2-3-8-18(15)20/h2-8,13H,9-12,14H2,1H3,(H,21,24). The minimum absolute atomic E-state index is 0.0798. The average molecular weight is 359 g/mol. The van der Waals surface area contributed by atoms with Gasteiger partial charge in [0.05, 0.1) is 0 Å². The van der Waals surface area contributed by atoms with Gasteiger partial charge in [0.25, 0.3) is 0 Å². The minimum Gasteiger partial charge on any atom is -0.322 e. The molecule has 2 aromatic carbocycles. The molecule has 1 saturated heterocycles. The monoisotopic (exact) mass is 359 g/mol. The zero-order valence-electron chi connectivity index (χ0n) is 14.2. The predicted molar refractivity (Wildman–Crippen MR) is 100 cm³/mol. The Kier molecular flexibility index (Phi) is 5.94. The number of benzene rings is 2. The molecule has 1 N–H and O–H groups in total. The maximum Gasteiger partial charge on any atom is 0.321 e. The molecule has 1 aliphatic rings. The second kappa shape index (κ2) is 8.36.